The van der Waals surface area contributed by atoms with Crippen LogP contribution in [0.5, 0.6) is 0 Å². The summed E-state index contributed by atoms with van der Waals surface area (Å²) in [6, 6.07) is 14.9. The van der Waals surface area contributed by atoms with Crippen molar-refractivity contribution in [3.63, 3.8) is 0 Å². The van der Waals surface area contributed by atoms with Gasteiger partial charge < -0.3 is 4.57 Å². The average Bonchev–Trinajstić information content (AvgIpc) is 3.49. The normalized spacial score (nSPS) is 13.6. The molecule has 2 aromatic carbocycles. The molecule has 1 heterocycles. The van der Waals surface area contributed by atoms with Crippen LogP contribution in [0.15, 0.2) is 42.5 Å². The van der Waals surface area contributed by atoms with E-state index in [-0.39, 0.29) is 5.78 Å². The number of Topliss-reactive ketones (excluding diaryl/α,β-unsaturated/α-hetero) is 1. The van der Waals surface area contributed by atoms with Gasteiger partial charge in [-0.15, -0.1) is 10.2 Å². The lowest BCUT2D eigenvalue weighted by molar-refractivity contribution is -0.118. The Morgan fingerprint density at radius 1 is 1.00 bits per heavy atom. The highest BCUT2D eigenvalue weighted by Crippen LogP contribution is 2.37. The van der Waals surface area contributed by atoms with Crippen molar-refractivity contribution in [2.75, 3.05) is 0 Å². The monoisotopic (exact) mass is 421 g/mol. The molecule has 4 nitrogen and oxygen atoms in total. The minimum absolute atomic E-state index is 0.215. The molecule has 4 rings (SSSR count). The highest BCUT2D eigenvalue weighted by atomic mass is 35.5. The van der Waals surface area contributed by atoms with Gasteiger partial charge in [-0.05, 0) is 55.9 Å². The summed E-state index contributed by atoms with van der Waals surface area (Å²) < 4.78 is 2.30. The zero-order valence-corrected chi connectivity index (χ0v) is 18.5. The number of rotatable bonds is 9. The lowest BCUT2D eigenvalue weighted by Crippen LogP contribution is -2.11. The third-order valence-electron chi connectivity index (χ3n) is 5.90. The van der Waals surface area contributed by atoms with E-state index in [1.807, 2.05) is 25.1 Å². The first-order valence-corrected chi connectivity index (χ1v) is 11.1. The maximum atomic E-state index is 12.6. The van der Waals surface area contributed by atoms with E-state index < -0.39 is 0 Å². The van der Waals surface area contributed by atoms with Crippen LogP contribution in [0.3, 0.4) is 0 Å². The molecule has 0 N–H and O–H groups in total. The van der Waals surface area contributed by atoms with Gasteiger partial charge in [0, 0.05) is 36.7 Å². The third kappa shape index (κ3) is 4.99. The molecular formula is C25H28ClN3O. The number of aryl methyl sites for hydroxylation is 4. The molecule has 0 bridgehead atoms. The number of nitrogens with zero attached hydrogens (tertiary/aromatic N) is 3. The number of carbonyl (C=O) groups is 1. The van der Waals surface area contributed by atoms with E-state index in [9.17, 15) is 4.79 Å². The largest absolute Gasteiger partial charge is 0.312 e. The summed E-state index contributed by atoms with van der Waals surface area (Å²) in [5.74, 6) is 2.21. The maximum absolute atomic E-state index is 12.6. The first-order valence-electron chi connectivity index (χ1n) is 10.7. The fraction of sp³-hybridized carbons (Fsp3) is 0.400. The predicted molar refractivity (Wildman–Crippen MR) is 120 cm³/mol. The molecule has 0 radical (unpaired) electrons. The van der Waals surface area contributed by atoms with Crippen LogP contribution in [-0.4, -0.2) is 20.5 Å². The molecule has 156 valence electrons. The predicted octanol–water partition coefficient (Wildman–Crippen LogP) is 5.41. The number of hydrogen-bond donors (Lipinski definition) is 0. The summed E-state index contributed by atoms with van der Waals surface area (Å²) in [6.45, 7) is 4.07. The van der Waals surface area contributed by atoms with Gasteiger partial charge >= 0.3 is 0 Å². The molecule has 1 aromatic heterocycles. The van der Waals surface area contributed by atoms with Gasteiger partial charge in [-0.2, -0.15) is 0 Å². The number of carbonyl (C=O) groups excluding carboxylic acids is 1. The van der Waals surface area contributed by atoms with Gasteiger partial charge in [0.25, 0.3) is 0 Å². The molecule has 0 spiro atoms. The Hall–Kier alpha value is -2.46. The van der Waals surface area contributed by atoms with Crippen LogP contribution >= 0.6 is 11.6 Å². The highest BCUT2D eigenvalue weighted by molar-refractivity contribution is 6.31. The van der Waals surface area contributed by atoms with Crippen molar-refractivity contribution in [3.8, 4) is 0 Å². The smallest absolute Gasteiger partial charge is 0.137 e. The Morgan fingerprint density at radius 3 is 2.40 bits per heavy atom. The maximum Gasteiger partial charge on any atom is 0.137 e. The summed E-state index contributed by atoms with van der Waals surface area (Å²) in [5.41, 5.74) is 4.60. The Balaban J connectivity index is 1.39. The minimum Gasteiger partial charge on any atom is -0.312 e. The molecule has 0 amide bonds. The third-order valence-corrected chi connectivity index (χ3v) is 6.31. The van der Waals surface area contributed by atoms with Crippen LogP contribution in [0.25, 0.3) is 0 Å². The first kappa shape index (κ1) is 20.8. The van der Waals surface area contributed by atoms with Crippen LogP contribution in [0.2, 0.25) is 5.02 Å². The molecule has 3 aromatic rings. The molecule has 0 saturated heterocycles. The SMILES string of the molecule is Cc1ccc(CCc2nnc(CCC(=O)Cc3cccc(Cl)c3C)n2C2CC2)cc1. The lowest BCUT2D eigenvalue weighted by Gasteiger charge is -2.10. The van der Waals surface area contributed by atoms with Crippen molar-refractivity contribution in [3.05, 3.63) is 81.4 Å². The number of hydrogen-bond acceptors (Lipinski definition) is 3. The second-order valence-corrected chi connectivity index (χ2v) is 8.77. The zero-order valence-electron chi connectivity index (χ0n) is 17.7. The number of halogens is 1. The standard InChI is InChI=1S/C25H28ClN3O/c1-17-6-8-19(9-7-17)10-14-24-27-28-25(29(24)21-11-12-21)15-13-22(30)16-20-4-3-5-23(26)18(20)2/h3-9,21H,10-16H2,1-2H3. The van der Waals surface area contributed by atoms with Crippen LogP contribution in [0.4, 0.5) is 0 Å². The molecule has 1 fully saturated rings. The second kappa shape index (κ2) is 9.13. The van der Waals surface area contributed by atoms with E-state index in [1.54, 1.807) is 0 Å². The molecule has 30 heavy (non-hydrogen) atoms. The van der Waals surface area contributed by atoms with Crippen LogP contribution in [0, 0.1) is 13.8 Å². The van der Waals surface area contributed by atoms with Crippen LogP contribution in [-0.2, 0) is 30.5 Å². The summed E-state index contributed by atoms with van der Waals surface area (Å²) in [7, 11) is 0. The van der Waals surface area contributed by atoms with Gasteiger partial charge in [0.15, 0.2) is 0 Å². The van der Waals surface area contributed by atoms with Gasteiger partial charge in [-0.1, -0.05) is 53.6 Å². The van der Waals surface area contributed by atoms with E-state index in [1.165, 1.54) is 24.0 Å². The van der Waals surface area contributed by atoms with Crippen molar-refractivity contribution in [1.29, 1.82) is 0 Å². The number of ketones is 1. The molecule has 0 aliphatic heterocycles. The molecule has 5 heteroatoms. The minimum atomic E-state index is 0.215. The zero-order chi connectivity index (χ0) is 21.1. The molecule has 1 aliphatic carbocycles. The fourth-order valence-corrected chi connectivity index (χ4v) is 4.06. The van der Waals surface area contributed by atoms with Crippen molar-refractivity contribution < 1.29 is 4.79 Å². The summed E-state index contributed by atoms with van der Waals surface area (Å²) in [5, 5.41) is 9.65. The Bertz CT molecular complexity index is 1040. The Kier molecular flexibility index (Phi) is 6.33. The fourth-order valence-electron chi connectivity index (χ4n) is 3.86. The molecule has 1 saturated carbocycles. The van der Waals surface area contributed by atoms with E-state index >= 15 is 0 Å². The topological polar surface area (TPSA) is 47.8 Å². The summed E-state index contributed by atoms with van der Waals surface area (Å²) >= 11 is 6.18. The molecule has 0 unspecified atom stereocenters. The van der Waals surface area contributed by atoms with Gasteiger partial charge in [0.1, 0.15) is 17.4 Å². The summed E-state index contributed by atoms with van der Waals surface area (Å²) in [4.78, 5) is 12.6. The van der Waals surface area contributed by atoms with Gasteiger partial charge in [-0.3, -0.25) is 4.79 Å². The highest BCUT2D eigenvalue weighted by Gasteiger charge is 2.29. The molecular weight excluding hydrogens is 394 g/mol. The van der Waals surface area contributed by atoms with Crippen molar-refractivity contribution in [2.45, 2.75) is 64.8 Å². The average molecular weight is 422 g/mol. The first-order chi connectivity index (χ1) is 14.5. The van der Waals surface area contributed by atoms with Crippen LogP contribution < -0.4 is 0 Å². The van der Waals surface area contributed by atoms with Gasteiger partial charge in [-0.25, -0.2) is 0 Å². The Labute approximate surface area is 183 Å². The number of aromatic nitrogens is 3. The van der Waals surface area contributed by atoms with E-state index in [0.29, 0.717) is 30.3 Å². The van der Waals surface area contributed by atoms with Crippen molar-refractivity contribution in [2.24, 2.45) is 0 Å². The van der Waals surface area contributed by atoms with E-state index in [4.69, 9.17) is 11.6 Å². The lowest BCUT2D eigenvalue weighted by atomic mass is 10.0. The quantitative estimate of drug-likeness (QED) is 0.464. The Morgan fingerprint density at radius 2 is 1.70 bits per heavy atom. The van der Waals surface area contributed by atoms with Crippen LogP contribution in [0.1, 0.15) is 59.2 Å². The van der Waals surface area contributed by atoms with Gasteiger partial charge in [0.2, 0.25) is 0 Å². The summed E-state index contributed by atoms with van der Waals surface area (Å²) in [6.07, 6.45) is 5.74. The van der Waals surface area contributed by atoms with Crippen molar-refractivity contribution >= 4 is 17.4 Å². The van der Waals surface area contributed by atoms with Gasteiger partial charge in [0.05, 0.1) is 0 Å². The van der Waals surface area contributed by atoms with E-state index in [2.05, 4.69) is 46.0 Å². The molecule has 0 atom stereocenters. The second-order valence-electron chi connectivity index (χ2n) is 8.36. The van der Waals surface area contributed by atoms with E-state index in [0.717, 1.165) is 35.6 Å². The number of benzene rings is 2. The molecule has 1 aliphatic rings. The van der Waals surface area contributed by atoms with Crippen molar-refractivity contribution in [1.82, 2.24) is 14.8 Å².